The second-order valence-corrected chi connectivity index (χ2v) is 4.76. The number of aromatic nitrogens is 2. The third-order valence-electron chi connectivity index (χ3n) is 2.82. The van der Waals surface area contributed by atoms with Crippen molar-refractivity contribution in [1.82, 2.24) is 9.36 Å². The van der Waals surface area contributed by atoms with E-state index in [0.717, 1.165) is 11.0 Å². The van der Waals surface area contributed by atoms with E-state index in [4.69, 9.17) is 0 Å². The van der Waals surface area contributed by atoms with Crippen molar-refractivity contribution in [2.45, 2.75) is 44.1 Å². The van der Waals surface area contributed by atoms with Crippen LogP contribution in [0.3, 0.4) is 0 Å². The number of hydrogen-bond acceptors (Lipinski definition) is 4. The van der Waals surface area contributed by atoms with Crippen LogP contribution in [0.4, 0.5) is 5.13 Å². The molecular weight excluding hydrogens is 182 g/mol. The molecule has 0 amide bonds. The van der Waals surface area contributed by atoms with Gasteiger partial charge in [-0.2, -0.15) is 4.37 Å². The van der Waals surface area contributed by atoms with Crippen LogP contribution in [0.25, 0.3) is 0 Å². The lowest BCUT2D eigenvalue weighted by atomic mass is 9.85. The zero-order valence-corrected chi connectivity index (χ0v) is 8.31. The molecule has 3 rings (SSSR count). The smallest absolute Gasteiger partial charge is 0.202 e. The monoisotopic (exact) mass is 195 g/mol. The van der Waals surface area contributed by atoms with E-state index in [0.29, 0.717) is 12.0 Å². The standard InChI is InChI=1S/C9H13N3S/c1-2-6(3-1)8-11-9(13-12-8)10-7-4-5-7/h6-7H,1-5H2,(H,10,11,12). The third-order valence-corrected chi connectivity index (χ3v) is 3.48. The van der Waals surface area contributed by atoms with Crippen LogP contribution < -0.4 is 5.32 Å². The van der Waals surface area contributed by atoms with Crippen molar-refractivity contribution in [2.75, 3.05) is 5.32 Å². The minimum Gasteiger partial charge on any atom is -0.358 e. The SMILES string of the molecule is C1CC(c2nsc(NC3CC3)n2)C1. The summed E-state index contributed by atoms with van der Waals surface area (Å²) in [7, 11) is 0. The molecule has 13 heavy (non-hydrogen) atoms. The Hall–Kier alpha value is -0.640. The maximum atomic E-state index is 4.51. The molecule has 0 aromatic carbocycles. The molecule has 0 saturated heterocycles. The van der Waals surface area contributed by atoms with Crippen LogP contribution >= 0.6 is 11.5 Å². The molecule has 3 nitrogen and oxygen atoms in total. The molecule has 2 fully saturated rings. The normalized spacial score (nSPS) is 22.8. The van der Waals surface area contributed by atoms with Gasteiger partial charge >= 0.3 is 0 Å². The van der Waals surface area contributed by atoms with Gasteiger partial charge in [-0.1, -0.05) is 6.42 Å². The molecular formula is C9H13N3S. The number of rotatable bonds is 3. The predicted molar refractivity (Wildman–Crippen MR) is 53.1 cm³/mol. The first kappa shape index (κ1) is 7.74. The van der Waals surface area contributed by atoms with Crippen LogP contribution in [0.1, 0.15) is 43.8 Å². The molecule has 0 bridgehead atoms. The average Bonchev–Trinajstić information content (AvgIpc) is 2.69. The number of nitrogens with one attached hydrogen (secondary N) is 1. The predicted octanol–water partition coefficient (Wildman–Crippen LogP) is 2.38. The molecule has 4 heteroatoms. The fourth-order valence-electron chi connectivity index (χ4n) is 1.53. The fourth-order valence-corrected chi connectivity index (χ4v) is 2.25. The van der Waals surface area contributed by atoms with Gasteiger partial charge in [-0.3, -0.25) is 0 Å². The van der Waals surface area contributed by atoms with E-state index >= 15 is 0 Å². The molecule has 0 spiro atoms. The van der Waals surface area contributed by atoms with E-state index < -0.39 is 0 Å². The number of nitrogens with zero attached hydrogens (tertiary/aromatic N) is 2. The molecule has 2 aliphatic rings. The van der Waals surface area contributed by atoms with Gasteiger partial charge in [0, 0.05) is 23.5 Å². The van der Waals surface area contributed by atoms with Gasteiger partial charge < -0.3 is 5.32 Å². The largest absolute Gasteiger partial charge is 0.358 e. The zero-order valence-electron chi connectivity index (χ0n) is 7.49. The van der Waals surface area contributed by atoms with Gasteiger partial charge in [0.2, 0.25) is 5.13 Å². The highest BCUT2D eigenvalue weighted by atomic mass is 32.1. The highest BCUT2D eigenvalue weighted by Crippen LogP contribution is 2.36. The zero-order chi connectivity index (χ0) is 8.67. The second-order valence-electron chi connectivity index (χ2n) is 4.00. The minimum absolute atomic E-state index is 0.672. The Morgan fingerprint density at radius 1 is 1.23 bits per heavy atom. The second kappa shape index (κ2) is 2.94. The quantitative estimate of drug-likeness (QED) is 0.804. The Labute approximate surface area is 81.7 Å². The van der Waals surface area contributed by atoms with E-state index in [2.05, 4.69) is 14.7 Å². The van der Waals surface area contributed by atoms with Crippen LogP contribution in [0.2, 0.25) is 0 Å². The summed E-state index contributed by atoms with van der Waals surface area (Å²) in [6.07, 6.45) is 6.55. The van der Waals surface area contributed by atoms with Gasteiger partial charge in [0.1, 0.15) is 5.82 Å². The first-order chi connectivity index (χ1) is 6.42. The molecule has 1 aromatic heterocycles. The molecule has 1 aromatic rings. The van der Waals surface area contributed by atoms with Crippen LogP contribution in [0.15, 0.2) is 0 Å². The Bertz CT molecular complexity index is 302. The fraction of sp³-hybridized carbons (Fsp3) is 0.778. The van der Waals surface area contributed by atoms with Crippen molar-refractivity contribution in [1.29, 1.82) is 0 Å². The maximum absolute atomic E-state index is 4.51. The lowest BCUT2D eigenvalue weighted by molar-refractivity contribution is 0.405. The molecule has 70 valence electrons. The molecule has 0 unspecified atom stereocenters. The van der Waals surface area contributed by atoms with Gasteiger partial charge in [-0.15, -0.1) is 0 Å². The molecule has 0 atom stereocenters. The topological polar surface area (TPSA) is 37.8 Å². The third kappa shape index (κ3) is 1.55. The number of hydrogen-bond donors (Lipinski definition) is 1. The molecule has 1 N–H and O–H groups in total. The van der Waals surface area contributed by atoms with Crippen LogP contribution in [-0.4, -0.2) is 15.4 Å². The van der Waals surface area contributed by atoms with Crippen molar-refractivity contribution in [3.63, 3.8) is 0 Å². The summed E-state index contributed by atoms with van der Waals surface area (Å²) in [4.78, 5) is 4.51. The summed E-state index contributed by atoms with van der Waals surface area (Å²) in [6.45, 7) is 0. The van der Waals surface area contributed by atoms with Crippen molar-refractivity contribution < 1.29 is 0 Å². The van der Waals surface area contributed by atoms with E-state index in [9.17, 15) is 0 Å². The van der Waals surface area contributed by atoms with Gasteiger partial charge in [0.05, 0.1) is 0 Å². The highest BCUT2D eigenvalue weighted by molar-refractivity contribution is 7.09. The molecule has 0 radical (unpaired) electrons. The average molecular weight is 195 g/mol. The lowest BCUT2D eigenvalue weighted by Gasteiger charge is -2.21. The lowest BCUT2D eigenvalue weighted by Crippen LogP contribution is -2.10. The van der Waals surface area contributed by atoms with Gasteiger partial charge in [-0.25, -0.2) is 4.98 Å². The Kier molecular flexibility index (Phi) is 1.75. The molecule has 2 aliphatic carbocycles. The van der Waals surface area contributed by atoms with E-state index in [1.165, 1.54) is 43.6 Å². The first-order valence-electron chi connectivity index (χ1n) is 5.02. The van der Waals surface area contributed by atoms with E-state index in [1.54, 1.807) is 0 Å². The summed E-state index contributed by atoms with van der Waals surface area (Å²) < 4.78 is 4.39. The minimum atomic E-state index is 0.672. The molecule has 2 saturated carbocycles. The number of anilines is 1. The van der Waals surface area contributed by atoms with Crippen LogP contribution in [-0.2, 0) is 0 Å². The van der Waals surface area contributed by atoms with Crippen molar-refractivity contribution >= 4 is 16.7 Å². The van der Waals surface area contributed by atoms with Crippen molar-refractivity contribution in [2.24, 2.45) is 0 Å². The Balaban J connectivity index is 1.69. The molecule has 1 heterocycles. The summed E-state index contributed by atoms with van der Waals surface area (Å²) in [5, 5.41) is 4.42. The summed E-state index contributed by atoms with van der Waals surface area (Å²) in [6, 6.07) is 0.696. The van der Waals surface area contributed by atoms with E-state index in [-0.39, 0.29) is 0 Å². The Morgan fingerprint density at radius 3 is 2.69 bits per heavy atom. The van der Waals surface area contributed by atoms with Crippen LogP contribution in [0.5, 0.6) is 0 Å². The van der Waals surface area contributed by atoms with Gasteiger partial charge in [-0.05, 0) is 25.7 Å². The summed E-state index contributed by atoms with van der Waals surface area (Å²) >= 11 is 1.52. The summed E-state index contributed by atoms with van der Waals surface area (Å²) in [5.74, 6) is 1.76. The summed E-state index contributed by atoms with van der Waals surface area (Å²) in [5.41, 5.74) is 0. The molecule has 0 aliphatic heterocycles. The van der Waals surface area contributed by atoms with Crippen LogP contribution in [0, 0.1) is 0 Å². The van der Waals surface area contributed by atoms with Gasteiger partial charge in [0.25, 0.3) is 0 Å². The Morgan fingerprint density at radius 2 is 2.08 bits per heavy atom. The van der Waals surface area contributed by atoms with Crippen molar-refractivity contribution in [3.05, 3.63) is 5.82 Å². The first-order valence-corrected chi connectivity index (χ1v) is 5.79. The van der Waals surface area contributed by atoms with Gasteiger partial charge in [0.15, 0.2) is 0 Å². The highest BCUT2D eigenvalue weighted by Gasteiger charge is 2.26. The van der Waals surface area contributed by atoms with Crippen molar-refractivity contribution in [3.8, 4) is 0 Å². The van der Waals surface area contributed by atoms with E-state index in [1.807, 2.05) is 0 Å². The maximum Gasteiger partial charge on any atom is 0.202 e.